The summed E-state index contributed by atoms with van der Waals surface area (Å²) in [5.74, 6) is 0. The van der Waals surface area contributed by atoms with Crippen LogP contribution in [-0.4, -0.2) is 16.5 Å². The summed E-state index contributed by atoms with van der Waals surface area (Å²) < 4.78 is 7.75. The predicted octanol–water partition coefficient (Wildman–Crippen LogP) is 3.95. The van der Waals surface area contributed by atoms with Crippen molar-refractivity contribution in [2.45, 2.75) is 38.3 Å². The zero-order chi connectivity index (χ0) is 11.4. The molecule has 0 radical (unpaired) electrons. The molecule has 0 saturated heterocycles. The van der Waals surface area contributed by atoms with E-state index in [1.54, 1.807) is 0 Å². The largest absolute Gasteiger partial charge is 0.150 e. The van der Waals surface area contributed by atoms with Crippen molar-refractivity contribution in [1.29, 1.82) is 0 Å². The van der Waals surface area contributed by atoms with Crippen LogP contribution in [0.5, 0.6) is 0 Å². The molecular formula is C6H16N6Si2. The van der Waals surface area contributed by atoms with E-state index in [1.165, 1.54) is 0 Å². The molecule has 0 fully saturated rings. The quantitative estimate of drug-likeness (QED) is 0.301. The highest BCUT2D eigenvalue weighted by atomic mass is 28.4. The van der Waals surface area contributed by atoms with Gasteiger partial charge in [-0.1, -0.05) is 33.1 Å². The molecule has 0 unspecified atom stereocenters. The molecule has 0 heterocycles. The summed E-state index contributed by atoms with van der Waals surface area (Å²) in [4.78, 5) is 5.75. The number of nitrogens with zero attached hydrogens (tertiary/aromatic N) is 6. The van der Waals surface area contributed by atoms with Crippen molar-refractivity contribution in [3.8, 4) is 0 Å². The lowest BCUT2D eigenvalue weighted by Gasteiger charge is -2.33. The molecule has 78 valence electrons. The van der Waals surface area contributed by atoms with Crippen molar-refractivity contribution < 1.29 is 0 Å². The van der Waals surface area contributed by atoms with Gasteiger partial charge in [-0.2, -0.15) is 0 Å². The Labute approximate surface area is 85.8 Å². The fraction of sp³-hybridized carbons (Fsp3) is 1.00. The van der Waals surface area contributed by atoms with E-state index in [2.05, 4.69) is 19.4 Å². The maximum Gasteiger partial charge on any atom is 0.150 e. The van der Waals surface area contributed by atoms with E-state index in [0.29, 0.717) is 0 Å². The molecule has 0 bridgehead atoms. The molecule has 0 saturated carbocycles. The standard InChI is InChI=1S/C6H16N6Si2/c1-6(13(2,3)11-9-7)14(4,5)12-10-8/h6H,1-5H3. The van der Waals surface area contributed by atoms with Crippen molar-refractivity contribution >= 4 is 16.5 Å². The molecular weight excluding hydrogens is 212 g/mol. The summed E-state index contributed by atoms with van der Waals surface area (Å²) in [7, 11) is -3.95. The SMILES string of the molecule is CC([Si](C)(C)N=[N+]=[N-])[Si](C)(C)N=[N+]=[N-]. The van der Waals surface area contributed by atoms with Crippen LogP contribution in [0, 0.1) is 0 Å². The van der Waals surface area contributed by atoms with Gasteiger partial charge in [0.1, 0.15) is 16.5 Å². The number of azide groups is 2. The second-order valence-electron chi connectivity index (χ2n) is 4.41. The first-order valence-corrected chi connectivity index (χ1v) is 10.5. The Balaban J connectivity index is 5.02. The molecule has 0 aromatic rings. The van der Waals surface area contributed by atoms with Crippen LogP contribution >= 0.6 is 0 Å². The molecule has 0 atom stereocenters. The molecule has 0 aliphatic carbocycles. The predicted molar refractivity (Wildman–Crippen MR) is 62.7 cm³/mol. The third-order valence-corrected chi connectivity index (χ3v) is 12.4. The maximum atomic E-state index is 8.45. The van der Waals surface area contributed by atoms with E-state index in [0.717, 1.165) is 0 Å². The Kier molecular flexibility index (Phi) is 4.21. The van der Waals surface area contributed by atoms with E-state index >= 15 is 0 Å². The van der Waals surface area contributed by atoms with Crippen molar-refractivity contribution in [2.75, 3.05) is 0 Å². The van der Waals surface area contributed by atoms with Crippen LogP contribution in [0.25, 0.3) is 20.9 Å². The van der Waals surface area contributed by atoms with Gasteiger partial charge < -0.3 is 0 Å². The normalized spacial score (nSPS) is 13.8. The van der Waals surface area contributed by atoms with Gasteiger partial charge >= 0.3 is 0 Å². The number of hydrogen-bond acceptors (Lipinski definition) is 2. The average molecular weight is 228 g/mol. The summed E-state index contributed by atoms with van der Waals surface area (Å²) in [6.45, 7) is 10.0. The third kappa shape index (κ3) is 3.08. The molecule has 0 aromatic carbocycles. The highest BCUT2D eigenvalue weighted by Crippen LogP contribution is 2.33. The molecule has 6 nitrogen and oxygen atoms in total. The first-order valence-electron chi connectivity index (χ1n) is 4.40. The van der Waals surface area contributed by atoms with Gasteiger partial charge in [0.25, 0.3) is 0 Å². The topological polar surface area (TPSA) is 97.5 Å². The van der Waals surface area contributed by atoms with E-state index in [1.807, 2.05) is 33.1 Å². The molecule has 14 heavy (non-hydrogen) atoms. The Hall–Kier alpha value is -0.946. The summed E-state index contributed by atoms with van der Waals surface area (Å²) in [5, 5.41) is 0.238. The minimum Gasteiger partial charge on any atom is -0.124 e. The lowest BCUT2D eigenvalue weighted by atomic mass is 10.9. The van der Waals surface area contributed by atoms with Gasteiger partial charge in [-0.15, -0.1) is 9.56 Å². The minimum absolute atomic E-state index is 0.238. The third-order valence-electron chi connectivity index (χ3n) is 2.72. The van der Waals surface area contributed by atoms with Gasteiger partial charge in [0, 0.05) is 0 Å². The van der Waals surface area contributed by atoms with Crippen molar-refractivity contribution in [2.24, 2.45) is 9.56 Å². The molecule has 8 heteroatoms. The van der Waals surface area contributed by atoms with Crippen LogP contribution in [0.15, 0.2) is 9.56 Å². The summed E-state index contributed by atoms with van der Waals surface area (Å²) in [6, 6.07) is 0. The fourth-order valence-electron chi connectivity index (χ4n) is 1.27. The second kappa shape index (κ2) is 4.52. The zero-order valence-corrected chi connectivity index (χ0v) is 11.3. The first kappa shape index (κ1) is 13.1. The molecule has 0 aliphatic heterocycles. The Morgan fingerprint density at radius 2 is 1.21 bits per heavy atom. The van der Waals surface area contributed by atoms with Gasteiger partial charge in [-0.05, 0) is 26.1 Å². The van der Waals surface area contributed by atoms with Crippen LogP contribution in [0.4, 0.5) is 0 Å². The number of hydrogen-bond donors (Lipinski definition) is 0. The van der Waals surface area contributed by atoms with Crippen molar-refractivity contribution in [3.05, 3.63) is 20.9 Å². The highest BCUT2D eigenvalue weighted by Gasteiger charge is 2.40. The summed E-state index contributed by atoms with van der Waals surface area (Å²) >= 11 is 0. The van der Waals surface area contributed by atoms with Crippen LogP contribution in [0.3, 0.4) is 0 Å². The van der Waals surface area contributed by atoms with Crippen LogP contribution in [0.1, 0.15) is 6.92 Å². The Bertz CT molecular complexity index is 269. The Morgan fingerprint density at radius 3 is 1.43 bits per heavy atom. The summed E-state index contributed by atoms with van der Waals surface area (Å²) in [5.41, 5.74) is 16.9. The van der Waals surface area contributed by atoms with Crippen molar-refractivity contribution in [1.82, 2.24) is 0 Å². The smallest absolute Gasteiger partial charge is 0.124 e. The minimum atomic E-state index is -1.97. The first-order chi connectivity index (χ1) is 6.28. The summed E-state index contributed by atoms with van der Waals surface area (Å²) in [6.07, 6.45) is 0. The molecule has 0 rings (SSSR count). The number of rotatable bonds is 4. The monoisotopic (exact) mass is 228 g/mol. The van der Waals surface area contributed by atoms with E-state index < -0.39 is 16.5 Å². The van der Waals surface area contributed by atoms with Gasteiger partial charge in [0.2, 0.25) is 0 Å². The van der Waals surface area contributed by atoms with E-state index in [9.17, 15) is 0 Å². The molecule has 0 N–H and O–H groups in total. The van der Waals surface area contributed by atoms with E-state index in [4.69, 9.17) is 11.1 Å². The molecule has 0 aromatic heterocycles. The van der Waals surface area contributed by atoms with Gasteiger partial charge in [-0.25, -0.2) is 0 Å². The van der Waals surface area contributed by atoms with Crippen molar-refractivity contribution in [3.63, 3.8) is 0 Å². The Morgan fingerprint density at radius 1 is 0.929 bits per heavy atom. The van der Waals surface area contributed by atoms with Crippen LogP contribution < -0.4 is 0 Å². The van der Waals surface area contributed by atoms with Gasteiger partial charge in [0.15, 0.2) is 0 Å². The molecule has 0 amide bonds. The molecule has 0 aliphatic rings. The van der Waals surface area contributed by atoms with Gasteiger partial charge in [-0.3, -0.25) is 0 Å². The van der Waals surface area contributed by atoms with Crippen LogP contribution in [0.2, 0.25) is 31.4 Å². The van der Waals surface area contributed by atoms with E-state index in [-0.39, 0.29) is 5.16 Å². The fourth-order valence-corrected chi connectivity index (χ4v) is 9.34. The second-order valence-corrected chi connectivity index (χ2v) is 13.7. The average Bonchev–Trinajstić information content (AvgIpc) is 2.02. The van der Waals surface area contributed by atoms with Crippen LogP contribution in [-0.2, 0) is 0 Å². The maximum absolute atomic E-state index is 8.45. The highest BCUT2D eigenvalue weighted by molar-refractivity contribution is 6.95. The van der Waals surface area contributed by atoms with Gasteiger partial charge in [0.05, 0.1) is 0 Å². The lowest BCUT2D eigenvalue weighted by molar-refractivity contribution is 1.13. The lowest BCUT2D eigenvalue weighted by Crippen LogP contribution is -2.43. The zero-order valence-electron chi connectivity index (χ0n) is 9.26. The molecule has 0 spiro atoms.